The summed E-state index contributed by atoms with van der Waals surface area (Å²) in [5.41, 5.74) is 10.0. The van der Waals surface area contributed by atoms with E-state index in [2.05, 4.69) is 5.32 Å². The van der Waals surface area contributed by atoms with Crippen LogP contribution in [-0.2, 0) is 0 Å². The summed E-state index contributed by atoms with van der Waals surface area (Å²) in [6, 6.07) is 0. The highest BCUT2D eigenvalue weighted by atomic mass is 16.3. The summed E-state index contributed by atoms with van der Waals surface area (Å²) in [5, 5.41) is 11.0. The number of aliphatic hydroxyl groups is 1. The van der Waals surface area contributed by atoms with E-state index >= 15 is 0 Å². The van der Waals surface area contributed by atoms with Crippen molar-refractivity contribution >= 4 is 0 Å². The van der Waals surface area contributed by atoms with E-state index in [9.17, 15) is 0 Å². The van der Waals surface area contributed by atoms with Crippen LogP contribution in [-0.4, -0.2) is 24.5 Å². The van der Waals surface area contributed by atoms with Crippen molar-refractivity contribution in [1.29, 1.82) is 0 Å². The zero-order valence-corrected chi connectivity index (χ0v) is 4.26. The summed E-state index contributed by atoms with van der Waals surface area (Å²) in [6.07, 6.45) is -1.48. The molecule has 0 saturated carbocycles. The molecule has 0 spiro atoms. The number of nitrogens with one attached hydrogen (secondary N) is 1. The Bertz CT molecular complexity index is 47.4. The van der Waals surface area contributed by atoms with Crippen LogP contribution < -0.4 is 16.8 Å². The summed E-state index contributed by atoms with van der Waals surface area (Å²) >= 11 is 0. The lowest BCUT2D eigenvalue weighted by molar-refractivity contribution is 0.120. The Hall–Kier alpha value is -0.160. The van der Waals surface area contributed by atoms with Crippen molar-refractivity contribution in [1.82, 2.24) is 5.32 Å². The fourth-order valence-corrected chi connectivity index (χ4v) is 0.192. The highest BCUT2D eigenvalue weighted by molar-refractivity contribution is 4.57. The van der Waals surface area contributed by atoms with E-state index in [0.717, 1.165) is 0 Å². The van der Waals surface area contributed by atoms with Gasteiger partial charge in [-0.25, -0.2) is 0 Å². The first kappa shape index (κ1) is 6.84. The average molecular weight is 105 g/mol. The third-order valence-corrected chi connectivity index (χ3v) is 0.660. The van der Waals surface area contributed by atoms with Crippen molar-refractivity contribution < 1.29 is 5.11 Å². The Morgan fingerprint density at radius 3 is 2.00 bits per heavy atom. The molecule has 4 heteroatoms. The molecule has 0 fully saturated rings. The molecule has 0 saturated heterocycles. The zero-order chi connectivity index (χ0) is 5.86. The van der Waals surface area contributed by atoms with Crippen molar-refractivity contribution in [2.75, 3.05) is 7.05 Å². The third-order valence-electron chi connectivity index (χ3n) is 0.660. The molecule has 0 aliphatic heterocycles. The highest BCUT2D eigenvalue weighted by Gasteiger charge is 2.03. The summed E-state index contributed by atoms with van der Waals surface area (Å²) < 4.78 is 0. The molecule has 0 amide bonds. The van der Waals surface area contributed by atoms with Gasteiger partial charge in [-0.15, -0.1) is 0 Å². The monoisotopic (exact) mass is 105 g/mol. The molecule has 7 heavy (non-hydrogen) atoms. The lowest BCUT2D eigenvalue weighted by atomic mass is 10.5. The van der Waals surface area contributed by atoms with Crippen LogP contribution in [0.5, 0.6) is 0 Å². The van der Waals surface area contributed by atoms with Gasteiger partial charge in [0.2, 0.25) is 0 Å². The molecule has 0 aliphatic carbocycles. The first-order chi connectivity index (χ1) is 3.18. The van der Waals surface area contributed by atoms with Crippen molar-refractivity contribution in [2.45, 2.75) is 12.4 Å². The van der Waals surface area contributed by atoms with E-state index in [-0.39, 0.29) is 0 Å². The molecule has 44 valence electrons. The Kier molecular flexibility index (Phi) is 2.86. The van der Waals surface area contributed by atoms with Crippen molar-refractivity contribution in [2.24, 2.45) is 11.5 Å². The Labute approximate surface area is 42.5 Å². The van der Waals surface area contributed by atoms with Gasteiger partial charge in [-0.05, 0) is 7.05 Å². The van der Waals surface area contributed by atoms with E-state index in [1.807, 2.05) is 0 Å². The van der Waals surface area contributed by atoms with Gasteiger partial charge in [0, 0.05) is 0 Å². The molecule has 0 aromatic rings. The van der Waals surface area contributed by atoms with Gasteiger partial charge in [0.25, 0.3) is 0 Å². The molecule has 4 nitrogen and oxygen atoms in total. The molecule has 0 radical (unpaired) electrons. The predicted molar refractivity (Wildman–Crippen MR) is 27.2 cm³/mol. The van der Waals surface area contributed by atoms with Crippen molar-refractivity contribution in [3.63, 3.8) is 0 Å². The molecule has 1 atom stereocenters. The molecule has 0 rings (SSSR count). The number of rotatable bonds is 2. The topological polar surface area (TPSA) is 84.3 Å². The van der Waals surface area contributed by atoms with Gasteiger partial charge in [0.15, 0.2) is 0 Å². The zero-order valence-electron chi connectivity index (χ0n) is 4.26. The molecular formula is C3H11N3O. The smallest absolute Gasteiger partial charge is 0.133 e. The Morgan fingerprint density at radius 2 is 2.00 bits per heavy atom. The number of hydrogen-bond acceptors (Lipinski definition) is 4. The summed E-state index contributed by atoms with van der Waals surface area (Å²) in [5.74, 6) is 0. The van der Waals surface area contributed by atoms with E-state index in [0.29, 0.717) is 0 Å². The van der Waals surface area contributed by atoms with Crippen molar-refractivity contribution in [3.8, 4) is 0 Å². The molecule has 0 aromatic heterocycles. The maximum atomic E-state index is 8.57. The quantitative estimate of drug-likeness (QED) is 0.299. The average Bonchev–Trinajstić information content (AvgIpc) is 1.65. The highest BCUT2D eigenvalue weighted by Crippen LogP contribution is 1.70. The van der Waals surface area contributed by atoms with Gasteiger partial charge in [0.05, 0.1) is 6.17 Å². The number of nitrogens with two attached hydrogens (primary N) is 2. The Balaban J connectivity index is 3.14. The lowest BCUT2D eigenvalue weighted by Crippen LogP contribution is -2.49. The SMILES string of the molecule is CNC(O)C(N)N. The molecule has 0 aromatic carbocycles. The van der Waals surface area contributed by atoms with Crippen molar-refractivity contribution in [3.05, 3.63) is 0 Å². The van der Waals surface area contributed by atoms with Crippen LogP contribution in [0.4, 0.5) is 0 Å². The van der Waals surface area contributed by atoms with Crippen LogP contribution in [0.2, 0.25) is 0 Å². The standard InChI is InChI=1S/C3H11N3O/c1-6-3(7)2(4)5/h2-3,6-7H,4-5H2,1H3. The molecular weight excluding hydrogens is 94.1 g/mol. The summed E-state index contributed by atoms with van der Waals surface area (Å²) in [4.78, 5) is 0. The minimum absolute atomic E-state index is 0.690. The second kappa shape index (κ2) is 2.92. The summed E-state index contributed by atoms with van der Waals surface area (Å²) in [7, 11) is 1.58. The largest absolute Gasteiger partial charge is 0.376 e. The first-order valence-corrected chi connectivity index (χ1v) is 2.05. The maximum absolute atomic E-state index is 8.57. The molecule has 1 unspecified atom stereocenters. The van der Waals surface area contributed by atoms with Crippen LogP contribution in [0.1, 0.15) is 0 Å². The van der Waals surface area contributed by atoms with E-state index in [4.69, 9.17) is 16.6 Å². The summed E-state index contributed by atoms with van der Waals surface area (Å²) in [6.45, 7) is 0. The molecule has 6 N–H and O–H groups in total. The van der Waals surface area contributed by atoms with Gasteiger partial charge in [-0.1, -0.05) is 0 Å². The maximum Gasteiger partial charge on any atom is 0.133 e. The van der Waals surface area contributed by atoms with E-state index in [1.165, 1.54) is 0 Å². The molecule has 0 heterocycles. The first-order valence-electron chi connectivity index (χ1n) is 2.05. The number of aliphatic hydroxyl groups excluding tert-OH is 1. The van der Waals surface area contributed by atoms with Gasteiger partial charge in [-0.2, -0.15) is 0 Å². The second-order valence-electron chi connectivity index (χ2n) is 1.31. The normalized spacial score (nSPS) is 15.0. The van der Waals surface area contributed by atoms with Gasteiger partial charge in [-0.3, -0.25) is 5.32 Å². The third kappa shape index (κ3) is 2.52. The second-order valence-corrected chi connectivity index (χ2v) is 1.31. The molecule has 0 bridgehead atoms. The van der Waals surface area contributed by atoms with Gasteiger partial charge in [0.1, 0.15) is 6.23 Å². The Morgan fingerprint density at radius 1 is 1.57 bits per heavy atom. The van der Waals surface area contributed by atoms with Crippen LogP contribution in [0.25, 0.3) is 0 Å². The minimum atomic E-state index is -0.792. The van der Waals surface area contributed by atoms with Crippen LogP contribution in [0.3, 0.4) is 0 Å². The predicted octanol–water partition coefficient (Wildman–Crippen LogP) is -2.23. The number of likely N-dealkylation sites (N-methyl/N-ethyl adjacent to an activating group) is 1. The van der Waals surface area contributed by atoms with E-state index < -0.39 is 12.4 Å². The fourth-order valence-electron chi connectivity index (χ4n) is 0.192. The van der Waals surface area contributed by atoms with Crippen LogP contribution >= 0.6 is 0 Å². The van der Waals surface area contributed by atoms with Gasteiger partial charge < -0.3 is 16.6 Å². The molecule has 0 aliphatic rings. The minimum Gasteiger partial charge on any atom is -0.376 e. The lowest BCUT2D eigenvalue weighted by Gasteiger charge is -2.11. The number of hydrogen-bond donors (Lipinski definition) is 4. The van der Waals surface area contributed by atoms with Crippen LogP contribution in [0.15, 0.2) is 0 Å². The fraction of sp³-hybridized carbons (Fsp3) is 1.00. The van der Waals surface area contributed by atoms with Crippen LogP contribution in [0, 0.1) is 0 Å². The van der Waals surface area contributed by atoms with Gasteiger partial charge >= 0.3 is 0 Å². The van der Waals surface area contributed by atoms with E-state index in [1.54, 1.807) is 7.05 Å².